The normalized spacial score (nSPS) is 14.6. The number of carbonyl (C=O) groups excluding carboxylic acids is 1. The van der Waals surface area contributed by atoms with Gasteiger partial charge < -0.3 is 16.2 Å². The van der Waals surface area contributed by atoms with Crippen molar-refractivity contribution in [2.45, 2.75) is 23.8 Å². The van der Waals surface area contributed by atoms with Crippen LogP contribution in [0.15, 0.2) is 23.1 Å². The van der Waals surface area contributed by atoms with Crippen molar-refractivity contribution in [1.82, 2.24) is 10.0 Å². The number of anilines is 1. The SMILES string of the molecule is Nc1ccc(S(=O)(=O)NC(=O)NC2CC2)c(C(=O)O)c1. The number of hydrogen-bond donors (Lipinski definition) is 4. The third-order valence-electron chi connectivity index (χ3n) is 2.66. The zero-order chi connectivity index (χ0) is 14.9. The molecular formula is C11H13N3O5S. The molecule has 0 spiro atoms. The third kappa shape index (κ3) is 3.18. The molecule has 1 fully saturated rings. The third-order valence-corrected chi connectivity index (χ3v) is 4.05. The quantitative estimate of drug-likeness (QED) is 0.582. The molecule has 1 aromatic carbocycles. The van der Waals surface area contributed by atoms with Gasteiger partial charge in [0, 0.05) is 11.7 Å². The number of urea groups is 1. The van der Waals surface area contributed by atoms with Gasteiger partial charge in [0.2, 0.25) is 0 Å². The van der Waals surface area contributed by atoms with Crippen molar-refractivity contribution in [2.24, 2.45) is 0 Å². The Morgan fingerprint density at radius 3 is 2.50 bits per heavy atom. The van der Waals surface area contributed by atoms with E-state index in [1.54, 1.807) is 4.72 Å². The van der Waals surface area contributed by atoms with Crippen molar-refractivity contribution in [2.75, 3.05) is 5.73 Å². The monoisotopic (exact) mass is 299 g/mol. The molecule has 0 aliphatic heterocycles. The van der Waals surface area contributed by atoms with Crippen LogP contribution in [0.3, 0.4) is 0 Å². The van der Waals surface area contributed by atoms with E-state index in [0.29, 0.717) is 0 Å². The number of hydrogen-bond acceptors (Lipinski definition) is 5. The lowest BCUT2D eigenvalue weighted by Crippen LogP contribution is -2.40. The number of nitrogens with one attached hydrogen (secondary N) is 2. The molecule has 108 valence electrons. The van der Waals surface area contributed by atoms with E-state index in [2.05, 4.69) is 5.32 Å². The smallest absolute Gasteiger partial charge is 0.337 e. The molecule has 1 saturated carbocycles. The highest BCUT2D eigenvalue weighted by Gasteiger charge is 2.28. The van der Waals surface area contributed by atoms with Crippen LogP contribution in [0, 0.1) is 0 Å². The van der Waals surface area contributed by atoms with Crippen LogP contribution in [0.1, 0.15) is 23.2 Å². The fourth-order valence-electron chi connectivity index (χ4n) is 1.57. The number of carbonyl (C=O) groups is 2. The minimum atomic E-state index is -4.27. The van der Waals surface area contributed by atoms with E-state index in [9.17, 15) is 18.0 Å². The lowest BCUT2D eigenvalue weighted by atomic mass is 10.2. The summed E-state index contributed by atoms with van der Waals surface area (Å²) in [6.07, 6.45) is 1.60. The summed E-state index contributed by atoms with van der Waals surface area (Å²) in [6.45, 7) is 0. The van der Waals surface area contributed by atoms with Gasteiger partial charge in [-0.1, -0.05) is 0 Å². The first kappa shape index (κ1) is 14.1. The average molecular weight is 299 g/mol. The molecule has 20 heavy (non-hydrogen) atoms. The zero-order valence-corrected chi connectivity index (χ0v) is 11.1. The predicted molar refractivity (Wildman–Crippen MR) is 69.7 cm³/mol. The maximum atomic E-state index is 12.0. The summed E-state index contributed by atoms with van der Waals surface area (Å²) in [4.78, 5) is 22.0. The average Bonchev–Trinajstić information content (AvgIpc) is 3.11. The molecule has 8 nitrogen and oxygen atoms in total. The Labute approximate surface area is 115 Å². The summed E-state index contributed by atoms with van der Waals surface area (Å²) < 4.78 is 25.8. The van der Waals surface area contributed by atoms with Crippen LogP contribution >= 0.6 is 0 Å². The maximum absolute atomic E-state index is 12.0. The Kier molecular flexibility index (Phi) is 3.53. The van der Waals surface area contributed by atoms with Crippen LogP contribution in [0.4, 0.5) is 10.5 Å². The van der Waals surface area contributed by atoms with E-state index in [1.807, 2.05) is 0 Å². The highest BCUT2D eigenvalue weighted by molar-refractivity contribution is 7.90. The molecule has 0 aromatic heterocycles. The van der Waals surface area contributed by atoms with Crippen molar-refractivity contribution >= 4 is 27.7 Å². The van der Waals surface area contributed by atoms with Gasteiger partial charge in [-0.25, -0.2) is 22.7 Å². The maximum Gasteiger partial charge on any atom is 0.337 e. The minimum Gasteiger partial charge on any atom is -0.478 e. The minimum absolute atomic E-state index is 0.0180. The van der Waals surface area contributed by atoms with E-state index in [4.69, 9.17) is 10.8 Å². The van der Waals surface area contributed by atoms with Gasteiger partial charge in [-0.3, -0.25) is 0 Å². The summed E-state index contributed by atoms with van der Waals surface area (Å²) in [5.74, 6) is -1.44. The van der Waals surface area contributed by atoms with Gasteiger partial charge in [0.05, 0.1) is 5.56 Å². The molecule has 5 N–H and O–H groups in total. The van der Waals surface area contributed by atoms with E-state index in [-0.39, 0.29) is 11.7 Å². The molecule has 2 rings (SSSR count). The van der Waals surface area contributed by atoms with E-state index in [1.165, 1.54) is 6.07 Å². The van der Waals surface area contributed by atoms with Crippen molar-refractivity contribution in [3.05, 3.63) is 23.8 Å². The molecule has 0 atom stereocenters. The molecule has 0 unspecified atom stereocenters. The standard InChI is InChI=1S/C11H13N3O5S/c12-6-1-4-9(8(5-6)10(15)16)20(18,19)14-11(17)13-7-2-3-7/h1,4-5,7H,2-3,12H2,(H,15,16)(H2,13,14,17). The number of nitrogens with two attached hydrogens (primary N) is 1. The number of rotatable bonds is 4. The van der Waals surface area contributed by atoms with Crippen molar-refractivity contribution in [3.8, 4) is 0 Å². The molecule has 0 bridgehead atoms. The van der Waals surface area contributed by atoms with E-state index < -0.39 is 32.5 Å². The number of carboxylic acids is 1. The Morgan fingerprint density at radius 1 is 1.30 bits per heavy atom. The Hall–Kier alpha value is -2.29. The van der Waals surface area contributed by atoms with Crippen LogP contribution in [0.5, 0.6) is 0 Å². The van der Waals surface area contributed by atoms with Gasteiger partial charge in [0.1, 0.15) is 4.90 Å². The highest BCUT2D eigenvalue weighted by atomic mass is 32.2. The summed E-state index contributed by atoms with van der Waals surface area (Å²) in [5.41, 5.74) is 5.05. The van der Waals surface area contributed by atoms with Crippen LogP contribution in [0.25, 0.3) is 0 Å². The first-order chi connectivity index (χ1) is 9.29. The molecule has 1 aliphatic rings. The first-order valence-corrected chi connectivity index (χ1v) is 7.24. The van der Waals surface area contributed by atoms with Gasteiger partial charge in [0.15, 0.2) is 0 Å². The Balaban J connectivity index is 2.28. The molecule has 9 heteroatoms. The number of benzene rings is 1. The van der Waals surface area contributed by atoms with E-state index >= 15 is 0 Å². The van der Waals surface area contributed by atoms with Gasteiger partial charge >= 0.3 is 12.0 Å². The van der Waals surface area contributed by atoms with Gasteiger partial charge in [-0.15, -0.1) is 0 Å². The van der Waals surface area contributed by atoms with Gasteiger partial charge in [-0.2, -0.15) is 0 Å². The zero-order valence-electron chi connectivity index (χ0n) is 10.3. The molecule has 0 saturated heterocycles. The van der Waals surface area contributed by atoms with Crippen molar-refractivity contribution < 1.29 is 23.1 Å². The lowest BCUT2D eigenvalue weighted by Gasteiger charge is -2.10. The number of carboxylic acid groups (broad SMARTS) is 1. The molecule has 0 radical (unpaired) electrons. The largest absolute Gasteiger partial charge is 0.478 e. The Morgan fingerprint density at radius 2 is 1.95 bits per heavy atom. The molecule has 1 aliphatic carbocycles. The first-order valence-electron chi connectivity index (χ1n) is 5.76. The molecule has 2 amide bonds. The van der Waals surface area contributed by atoms with Crippen LogP contribution in [-0.2, 0) is 10.0 Å². The summed E-state index contributed by atoms with van der Waals surface area (Å²) >= 11 is 0. The van der Waals surface area contributed by atoms with Crippen LogP contribution in [0.2, 0.25) is 0 Å². The van der Waals surface area contributed by atoms with Crippen molar-refractivity contribution in [3.63, 3.8) is 0 Å². The Bertz CT molecular complexity index is 667. The number of aromatic carboxylic acids is 1. The number of amides is 2. The fourth-order valence-corrected chi connectivity index (χ4v) is 2.66. The lowest BCUT2D eigenvalue weighted by molar-refractivity contribution is 0.0692. The number of nitrogen functional groups attached to an aromatic ring is 1. The van der Waals surface area contributed by atoms with Gasteiger partial charge in [-0.05, 0) is 31.0 Å². The summed E-state index contributed by atoms with van der Waals surface area (Å²) in [5, 5.41) is 11.4. The second-order valence-corrected chi connectivity index (χ2v) is 6.06. The topological polar surface area (TPSA) is 139 Å². The second-order valence-electron chi connectivity index (χ2n) is 4.41. The molecule has 0 heterocycles. The number of sulfonamides is 1. The van der Waals surface area contributed by atoms with Gasteiger partial charge in [0.25, 0.3) is 10.0 Å². The van der Waals surface area contributed by atoms with Crippen molar-refractivity contribution in [1.29, 1.82) is 0 Å². The molecular weight excluding hydrogens is 286 g/mol. The summed E-state index contributed by atoms with van der Waals surface area (Å²) in [7, 11) is -4.27. The predicted octanol–water partition coefficient (Wildman–Crippen LogP) is 0.117. The van der Waals surface area contributed by atoms with Crippen LogP contribution in [-0.4, -0.2) is 31.6 Å². The van der Waals surface area contributed by atoms with Crippen LogP contribution < -0.4 is 15.8 Å². The summed E-state index contributed by atoms with van der Waals surface area (Å²) in [6, 6.07) is 2.43. The fraction of sp³-hybridized carbons (Fsp3) is 0.273. The molecule has 1 aromatic rings. The second kappa shape index (κ2) is 5.00. The highest BCUT2D eigenvalue weighted by Crippen LogP contribution is 2.20. The van der Waals surface area contributed by atoms with E-state index in [0.717, 1.165) is 25.0 Å².